The maximum absolute atomic E-state index is 13.8. The number of aromatic hydroxyl groups is 1. The predicted molar refractivity (Wildman–Crippen MR) is 105 cm³/mol. The van der Waals surface area contributed by atoms with E-state index in [-0.39, 0.29) is 5.92 Å². The number of nitrogens with one attached hydrogen (secondary N) is 2. The third-order valence-electron chi connectivity index (χ3n) is 4.24. The van der Waals surface area contributed by atoms with Crippen LogP contribution in [0.1, 0.15) is 31.4 Å². The predicted octanol–water partition coefficient (Wildman–Crippen LogP) is 4.30. The van der Waals surface area contributed by atoms with Gasteiger partial charge in [-0.1, -0.05) is 37.3 Å². The van der Waals surface area contributed by atoms with Gasteiger partial charge in [-0.2, -0.15) is 0 Å². The molecular weight excluding hydrogens is 379 g/mol. The van der Waals surface area contributed by atoms with Crippen molar-refractivity contribution in [2.75, 3.05) is 5.32 Å². The molecule has 0 radical (unpaired) electrons. The highest BCUT2D eigenvalue weighted by Crippen LogP contribution is 2.32. The normalized spacial score (nSPS) is 12.9. The van der Waals surface area contributed by atoms with Crippen LogP contribution in [0.15, 0.2) is 60.7 Å². The van der Waals surface area contributed by atoms with Crippen LogP contribution in [0, 0.1) is 11.7 Å². The van der Waals surface area contributed by atoms with Gasteiger partial charge < -0.3 is 9.84 Å². The van der Waals surface area contributed by atoms with Crippen molar-refractivity contribution in [1.82, 2.24) is 5.48 Å². The molecule has 2 rings (SSSR count). The van der Waals surface area contributed by atoms with Crippen molar-refractivity contribution in [3.05, 3.63) is 72.1 Å². The number of hydrogen-bond donors (Lipinski definition) is 4. The molecule has 0 unspecified atom stereocenters. The number of phenols is 1. The zero-order chi connectivity index (χ0) is 21.2. The molecule has 2 atom stereocenters. The second-order valence-electron chi connectivity index (χ2n) is 6.46. The minimum atomic E-state index is -0.814. The summed E-state index contributed by atoms with van der Waals surface area (Å²) in [4.78, 5) is 23.3. The zero-order valence-electron chi connectivity index (χ0n) is 15.8. The highest BCUT2D eigenvalue weighted by atomic mass is 19.1. The summed E-state index contributed by atoms with van der Waals surface area (Å²) < 4.78 is 19.4. The largest absolute Gasteiger partial charge is 0.505 e. The molecule has 4 N–H and O–H groups in total. The lowest BCUT2D eigenvalue weighted by molar-refractivity contribution is -0.124. The molecule has 154 valence electrons. The van der Waals surface area contributed by atoms with E-state index in [0.717, 1.165) is 6.07 Å². The molecular formula is C21H23FN2O5. The molecule has 0 aliphatic rings. The molecule has 0 fully saturated rings. The van der Waals surface area contributed by atoms with Gasteiger partial charge in [0.15, 0.2) is 11.6 Å². The number of amides is 2. The summed E-state index contributed by atoms with van der Waals surface area (Å²) in [6.45, 7) is 1.82. The van der Waals surface area contributed by atoms with Crippen molar-refractivity contribution in [3.63, 3.8) is 0 Å². The summed E-state index contributed by atoms with van der Waals surface area (Å²) in [6.07, 6.45) is 2.26. The summed E-state index contributed by atoms with van der Waals surface area (Å²) in [5.74, 6) is -2.19. The summed E-state index contributed by atoms with van der Waals surface area (Å²) >= 11 is 0. The molecule has 0 saturated heterocycles. The number of allylic oxidation sites excluding steroid dienone is 1. The van der Waals surface area contributed by atoms with E-state index in [1.54, 1.807) is 30.3 Å². The van der Waals surface area contributed by atoms with Gasteiger partial charge in [-0.05, 0) is 48.6 Å². The lowest BCUT2D eigenvalue weighted by Crippen LogP contribution is -2.22. The van der Waals surface area contributed by atoms with E-state index in [9.17, 15) is 19.1 Å². The standard InChI is InChI=1S/C21H23FN2O5/c1-14(7-5-6-10-19(26)24-28)20(15-11-12-18(25)17(22)13-15)29-21(27)23-16-8-3-2-4-9-16/h2-4,6,8-14,20,25,28H,5,7H2,1H3,(H,23,27)(H,24,26)/b10-6+/t14-,20-/m0/s1. The monoisotopic (exact) mass is 402 g/mol. The molecule has 29 heavy (non-hydrogen) atoms. The number of para-hydroxylation sites is 1. The highest BCUT2D eigenvalue weighted by molar-refractivity contribution is 5.86. The number of hydroxylamine groups is 1. The first-order valence-electron chi connectivity index (χ1n) is 9.02. The van der Waals surface area contributed by atoms with Gasteiger partial charge >= 0.3 is 6.09 Å². The number of anilines is 1. The highest BCUT2D eigenvalue weighted by Gasteiger charge is 2.24. The molecule has 0 aromatic heterocycles. The zero-order valence-corrected chi connectivity index (χ0v) is 15.8. The Kier molecular flexibility index (Phi) is 8.17. The molecule has 0 spiro atoms. The lowest BCUT2D eigenvalue weighted by Gasteiger charge is -2.24. The number of hydrogen-bond acceptors (Lipinski definition) is 5. The molecule has 0 saturated carbocycles. The fourth-order valence-electron chi connectivity index (χ4n) is 2.74. The Labute approximate surface area is 167 Å². The second-order valence-corrected chi connectivity index (χ2v) is 6.46. The van der Waals surface area contributed by atoms with Crippen LogP contribution in [0.25, 0.3) is 0 Å². The van der Waals surface area contributed by atoms with Crippen LogP contribution in [0.3, 0.4) is 0 Å². The summed E-state index contributed by atoms with van der Waals surface area (Å²) in [6, 6.07) is 12.6. The van der Waals surface area contributed by atoms with Gasteiger partial charge in [-0.3, -0.25) is 15.3 Å². The van der Waals surface area contributed by atoms with Crippen LogP contribution in [0.2, 0.25) is 0 Å². The van der Waals surface area contributed by atoms with Crippen LogP contribution in [0.4, 0.5) is 14.9 Å². The maximum atomic E-state index is 13.8. The van der Waals surface area contributed by atoms with Crippen molar-refractivity contribution < 1.29 is 29.0 Å². The Morgan fingerprint density at radius 1 is 1.21 bits per heavy atom. The van der Waals surface area contributed by atoms with Crippen LogP contribution in [0.5, 0.6) is 5.75 Å². The van der Waals surface area contributed by atoms with Crippen molar-refractivity contribution >= 4 is 17.7 Å². The van der Waals surface area contributed by atoms with Crippen molar-refractivity contribution in [2.45, 2.75) is 25.9 Å². The van der Waals surface area contributed by atoms with Crippen molar-refractivity contribution in [2.24, 2.45) is 5.92 Å². The van der Waals surface area contributed by atoms with Gasteiger partial charge in [0, 0.05) is 11.8 Å². The molecule has 2 aromatic rings. The number of rotatable bonds is 8. The Balaban J connectivity index is 2.11. The average molecular weight is 402 g/mol. The van der Waals surface area contributed by atoms with Gasteiger partial charge in [-0.15, -0.1) is 0 Å². The number of ether oxygens (including phenoxy) is 1. The van der Waals surface area contributed by atoms with Crippen molar-refractivity contribution in [1.29, 1.82) is 0 Å². The Morgan fingerprint density at radius 3 is 2.59 bits per heavy atom. The molecule has 2 aromatic carbocycles. The van der Waals surface area contributed by atoms with E-state index in [1.165, 1.54) is 23.7 Å². The first-order valence-corrected chi connectivity index (χ1v) is 9.02. The number of phenolic OH excluding ortho intramolecular Hbond substituents is 1. The van der Waals surface area contributed by atoms with Gasteiger partial charge in [0.1, 0.15) is 6.10 Å². The molecule has 2 amide bonds. The lowest BCUT2D eigenvalue weighted by atomic mass is 9.93. The maximum Gasteiger partial charge on any atom is 0.412 e. The minimum Gasteiger partial charge on any atom is -0.505 e. The quantitative estimate of drug-likeness (QED) is 0.299. The minimum absolute atomic E-state index is 0.234. The van der Waals surface area contributed by atoms with E-state index in [1.807, 2.05) is 13.0 Å². The third kappa shape index (κ3) is 6.93. The average Bonchev–Trinajstić information content (AvgIpc) is 2.72. The van der Waals surface area contributed by atoms with E-state index < -0.39 is 29.7 Å². The SMILES string of the molecule is C[C@@H](CC/C=C/C(=O)NO)[C@H](OC(=O)Nc1ccccc1)c1ccc(O)c(F)c1. The summed E-state index contributed by atoms with van der Waals surface area (Å²) in [5, 5.41) is 20.5. The van der Waals surface area contributed by atoms with Crippen LogP contribution >= 0.6 is 0 Å². The van der Waals surface area contributed by atoms with Crippen molar-refractivity contribution in [3.8, 4) is 5.75 Å². The molecule has 0 aliphatic heterocycles. The first-order chi connectivity index (χ1) is 13.9. The second kappa shape index (κ2) is 10.8. The molecule has 0 bridgehead atoms. The number of benzene rings is 2. The number of carbonyl (C=O) groups excluding carboxylic acids is 2. The molecule has 8 heteroatoms. The topological polar surface area (TPSA) is 108 Å². The molecule has 7 nitrogen and oxygen atoms in total. The van der Waals surface area contributed by atoms with Gasteiger partial charge in [0.05, 0.1) is 0 Å². The van der Waals surface area contributed by atoms with Gasteiger partial charge in [-0.25, -0.2) is 14.7 Å². The van der Waals surface area contributed by atoms with E-state index in [0.29, 0.717) is 24.1 Å². The number of carbonyl (C=O) groups is 2. The van der Waals surface area contributed by atoms with Crippen LogP contribution in [-0.2, 0) is 9.53 Å². The van der Waals surface area contributed by atoms with Gasteiger partial charge in [0.2, 0.25) is 0 Å². The van der Waals surface area contributed by atoms with Crippen LogP contribution in [-0.4, -0.2) is 22.3 Å². The Hall–Kier alpha value is -3.39. The smallest absolute Gasteiger partial charge is 0.412 e. The molecule has 0 aliphatic carbocycles. The first kappa shape index (κ1) is 21.9. The Bertz CT molecular complexity index is 857. The fourth-order valence-corrected chi connectivity index (χ4v) is 2.74. The van der Waals surface area contributed by atoms with Gasteiger partial charge in [0.25, 0.3) is 5.91 Å². The Morgan fingerprint density at radius 2 is 1.93 bits per heavy atom. The molecule has 0 heterocycles. The third-order valence-corrected chi connectivity index (χ3v) is 4.24. The number of halogens is 1. The van der Waals surface area contributed by atoms with E-state index in [2.05, 4.69) is 5.32 Å². The van der Waals surface area contributed by atoms with E-state index >= 15 is 0 Å². The van der Waals surface area contributed by atoms with Crippen LogP contribution < -0.4 is 10.8 Å². The van der Waals surface area contributed by atoms with E-state index in [4.69, 9.17) is 9.94 Å². The summed E-state index contributed by atoms with van der Waals surface area (Å²) in [5.41, 5.74) is 2.44. The fraction of sp³-hybridized carbons (Fsp3) is 0.238. The summed E-state index contributed by atoms with van der Waals surface area (Å²) in [7, 11) is 0.